The fraction of sp³-hybridized carbons (Fsp3) is 0.929. The summed E-state index contributed by atoms with van der Waals surface area (Å²) in [6, 6.07) is 0. The maximum absolute atomic E-state index is 5.88. The molecule has 0 aromatic carbocycles. The molecule has 3 N–H and O–H groups in total. The molecule has 6 heteroatoms. The third kappa shape index (κ3) is 4.61. The summed E-state index contributed by atoms with van der Waals surface area (Å²) >= 11 is 0. The first kappa shape index (κ1) is 15.5. The minimum absolute atomic E-state index is 0.101. The van der Waals surface area contributed by atoms with E-state index in [-0.39, 0.29) is 11.6 Å². The lowest BCUT2D eigenvalue weighted by atomic mass is 10.0. The summed E-state index contributed by atoms with van der Waals surface area (Å²) in [6.45, 7) is 10.3. The Morgan fingerprint density at radius 3 is 3.00 bits per heavy atom. The zero-order chi connectivity index (χ0) is 14.4. The van der Waals surface area contributed by atoms with Crippen molar-refractivity contribution in [3.05, 3.63) is 0 Å². The van der Waals surface area contributed by atoms with Gasteiger partial charge >= 0.3 is 0 Å². The molecule has 0 aromatic rings. The summed E-state index contributed by atoms with van der Waals surface area (Å²) in [5.41, 5.74) is 5.98. The Balaban J connectivity index is 1.65. The van der Waals surface area contributed by atoms with Gasteiger partial charge in [0.05, 0.1) is 25.9 Å². The van der Waals surface area contributed by atoms with Crippen molar-refractivity contribution in [3.63, 3.8) is 0 Å². The lowest BCUT2D eigenvalue weighted by Gasteiger charge is -2.42. The number of morpholine rings is 1. The fourth-order valence-corrected chi connectivity index (χ4v) is 2.67. The predicted molar refractivity (Wildman–Crippen MR) is 79.9 cm³/mol. The van der Waals surface area contributed by atoms with Crippen LogP contribution in [-0.2, 0) is 9.47 Å². The molecule has 0 spiro atoms. The number of nitrogens with two attached hydrogens (primary N) is 1. The van der Waals surface area contributed by atoms with Gasteiger partial charge in [-0.2, -0.15) is 0 Å². The molecule has 2 saturated heterocycles. The van der Waals surface area contributed by atoms with Crippen molar-refractivity contribution in [1.29, 1.82) is 0 Å². The van der Waals surface area contributed by atoms with Crippen LogP contribution in [0.2, 0.25) is 0 Å². The Hall–Kier alpha value is -0.850. The standard InChI is InChI=1S/C14H28N4O2/c1-14(2)11-19-9-7-18(14)6-5-16-13(15)17-10-12-4-3-8-20-12/h12H,3-11H2,1-2H3,(H3,15,16,17). The Kier molecular flexibility index (Phi) is 5.63. The highest BCUT2D eigenvalue weighted by atomic mass is 16.5. The third-order valence-corrected chi connectivity index (χ3v) is 3.99. The van der Waals surface area contributed by atoms with Crippen LogP contribution in [0.25, 0.3) is 0 Å². The van der Waals surface area contributed by atoms with E-state index in [9.17, 15) is 0 Å². The van der Waals surface area contributed by atoms with Crippen LogP contribution < -0.4 is 11.1 Å². The molecule has 0 radical (unpaired) electrons. The molecule has 6 nitrogen and oxygen atoms in total. The summed E-state index contributed by atoms with van der Waals surface area (Å²) in [7, 11) is 0. The van der Waals surface area contributed by atoms with Crippen molar-refractivity contribution in [2.24, 2.45) is 10.7 Å². The Bertz CT molecular complexity index is 327. The first-order chi connectivity index (χ1) is 9.58. The third-order valence-electron chi connectivity index (χ3n) is 3.99. The minimum Gasteiger partial charge on any atom is -0.378 e. The van der Waals surface area contributed by atoms with Gasteiger partial charge in [0.1, 0.15) is 0 Å². The van der Waals surface area contributed by atoms with E-state index in [4.69, 9.17) is 15.2 Å². The van der Waals surface area contributed by atoms with Gasteiger partial charge in [0.2, 0.25) is 0 Å². The summed E-state index contributed by atoms with van der Waals surface area (Å²) in [6.07, 6.45) is 2.49. The maximum Gasteiger partial charge on any atom is 0.188 e. The molecular weight excluding hydrogens is 256 g/mol. The highest BCUT2D eigenvalue weighted by molar-refractivity contribution is 5.77. The summed E-state index contributed by atoms with van der Waals surface area (Å²) in [4.78, 5) is 6.77. The largest absolute Gasteiger partial charge is 0.378 e. The van der Waals surface area contributed by atoms with Crippen LogP contribution in [-0.4, -0.2) is 68.5 Å². The van der Waals surface area contributed by atoms with Crippen molar-refractivity contribution in [2.45, 2.75) is 38.3 Å². The van der Waals surface area contributed by atoms with Gasteiger partial charge in [-0.15, -0.1) is 0 Å². The lowest BCUT2D eigenvalue weighted by Crippen LogP contribution is -2.55. The average molecular weight is 284 g/mol. The van der Waals surface area contributed by atoms with Gasteiger partial charge in [0.15, 0.2) is 5.96 Å². The van der Waals surface area contributed by atoms with Crippen molar-refractivity contribution in [1.82, 2.24) is 10.2 Å². The monoisotopic (exact) mass is 284 g/mol. The van der Waals surface area contributed by atoms with E-state index in [1.165, 1.54) is 0 Å². The highest BCUT2D eigenvalue weighted by Crippen LogP contribution is 2.17. The SMILES string of the molecule is CC1(C)COCCN1CCNC(N)=NCC1CCCO1. The van der Waals surface area contributed by atoms with Gasteiger partial charge < -0.3 is 20.5 Å². The number of aliphatic imine (C=N–C) groups is 1. The molecule has 1 unspecified atom stereocenters. The van der Waals surface area contributed by atoms with E-state index in [0.29, 0.717) is 12.5 Å². The number of nitrogens with one attached hydrogen (secondary N) is 1. The van der Waals surface area contributed by atoms with Crippen LogP contribution in [0.5, 0.6) is 0 Å². The summed E-state index contributed by atoms with van der Waals surface area (Å²) < 4.78 is 11.0. The Morgan fingerprint density at radius 1 is 1.45 bits per heavy atom. The number of guanidine groups is 1. The summed E-state index contributed by atoms with van der Waals surface area (Å²) in [5.74, 6) is 0.520. The van der Waals surface area contributed by atoms with Gasteiger partial charge in [0.25, 0.3) is 0 Å². The van der Waals surface area contributed by atoms with Crippen LogP contribution >= 0.6 is 0 Å². The van der Waals surface area contributed by atoms with E-state index in [2.05, 4.69) is 29.1 Å². The topological polar surface area (TPSA) is 72.1 Å². The second-order valence-electron chi connectivity index (χ2n) is 6.14. The zero-order valence-corrected chi connectivity index (χ0v) is 12.7. The summed E-state index contributed by atoms with van der Waals surface area (Å²) in [5, 5.41) is 3.18. The zero-order valence-electron chi connectivity index (χ0n) is 12.7. The van der Waals surface area contributed by atoms with E-state index in [1.807, 2.05) is 0 Å². The average Bonchev–Trinajstić information content (AvgIpc) is 2.91. The quantitative estimate of drug-likeness (QED) is 0.557. The van der Waals surface area contributed by atoms with Gasteiger partial charge in [-0.3, -0.25) is 9.89 Å². The van der Waals surface area contributed by atoms with E-state index >= 15 is 0 Å². The molecule has 2 rings (SSSR count). The van der Waals surface area contributed by atoms with Crippen LogP contribution in [0.15, 0.2) is 4.99 Å². The van der Waals surface area contributed by atoms with Crippen LogP contribution in [0.3, 0.4) is 0 Å². The van der Waals surface area contributed by atoms with Crippen LogP contribution in [0.1, 0.15) is 26.7 Å². The van der Waals surface area contributed by atoms with Gasteiger partial charge in [0, 0.05) is 31.8 Å². The molecule has 0 saturated carbocycles. The van der Waals surface area contributed by atoms with E-state index < -0.39 is 0 Å². The minimum atomic E-state index is 0.101. The molecule has 2 aliphatic rings. The first-order valence-electron chi connectivity index (χ1n) is 7.56. The van der Waals surface area contributed by atoms with Crippen LogP contribution in [0.4, 0.5) is 0 Å². The molecule has 20 heavy (non-hydrogen) atoms. The number of hydrogen-bond acceptors (Lipinski definition) is 4. The van der Waals surface area contributed by atoms with Crippen molar-refractivity contribution < 1.29 is 9.47 Å². The number of rotatable bonds is 5. The molecule has 0 bridgehead atoms. The smallest absolute Gasteiger partial charge is 0.188 e. The van der Waals surface area contributed by atoms with Gasteiger partial charge in [-0.05, 0) is 26.7 Å². The second-order valence-corrected chi connectivity index (χ2v) is 6.14. The molecule has 2 fully saturated rings. The lowest BCUT2D eigenvalue weighted by molar-refractivity contribution is -0.0496. The van der Waals surface area contributed by atoms with Crippen molar-refractivity contribution >= 4 is 5.96 Å². The predicted octanol–water partition coefficient (Wildman–Crippen LogP) is 0.181. The molecule has 0 aliphatic carbocycles. The number of hydrogen-bond donors (Lipinski definition) is 2. The number of nitrogens with zero attached hydrogens (tertiary/aromatic N) is 2. The molecule has 1 atom stereocenters. The normalized spacial score (nSPS) is 27.7. The fourth-order valence-electron chi connectivity index (χ4n) is 2.67. The van der Waals surface area contributed by atoms with E-state index in [0.717, 1.165) is 52.3 Å². The van der Waals surface area contributed by atoms with E-state index in [1.54, 1.807) is 0 Å². The second kappa shape index (κ2) is 7.24. The Labute approximate surface area is 121 Å². The molecule has 2 aliphatic heterocycles. The van der Waals surface area contributed by atoms with Gasteiger partial charge in [-0.25, -0.2) is 0 Å². The molecule has 2 heterocycles. The van der Waals surface area contributed by atoms with Crippen molar-refractivity contribution in [3.8, 4) is 0 Å². The molecule has 0 aromatic heterocycles. The van der Waals surface area contributed by atoms with Crippen LogP contribution in [0, 0.1) is 0 Å². The molecular formula is C14H28N4O2. The highest BCUT2D eigenvalue weighted by Gasteiger charge is 2.29. The molecule has 116 valence electrons. The first-order valence-corrected chi connectivity index (χ1v) is 7.56. The maximum atomic E-state index is 5.88. The van der Waals surface area contributed by atoms with Gasteiger partial charge in [-0.1, -0.05) is 0 Å². The van der Waals surface area contributed by atoms with Crippen molar-refractivity contribution in [2.75, 3.05) is 46.0 Å². The number of ether oxygens (including phenoxy) is 2. The molecule has 0 amide bonds. The Morgan fingerprint density at radius 2 is 2.30 bits per heavy atom.